The van der Waals surface area contributed by atoms with Crippen LogP contribution in [0.3, 0.4) is 0 Å². The summed E-state index contributed by atoms with van der Waals surface area (Å²) in [4.78, 5) is 5.25. The summed E-state index contributed by atoms with van der Waals surface area (Å²) in [5.74, 6) is 0. The van der Waals surface area contributed by atoms with E-state index in [1.54, 1.807) is 18.5 Å². The number of sulfonamides is 1. The fraction of sp³-hybridized carbons (Fsp3) is 0.308. The van der Waals surface area contributed by atoms with Crippen molar-refractivity contribution in [2.75, 3.05) is 7.05 Å². The van der Waals surface area contributed by atoms with Crippen LogP contribution in [0.2, 0.25) is 0 Å². The van der Waals surface area contributed by atoms with E-state index in [4.69, 9.17) is 0 Å². The monoisotopic (exact) mass is 389 g/mol. The maximum absolute atomic E-state index is 12.4. The molecule has 0 aromatic carbocycles. The number of hydrogen-bond acceptors (Lipinski definition) is 5. The first kappa shape index (κ1) is 16.6. The molecule has 2 rings (SSSR count). The van der Waals surface area contributed by atoms with E-state index in [0.29, 0.717) is 10.3 Å². The van der Waals surface area contributed by atoms with Crippen LogP contribution in [0.4, 0.5) is 0 Å². The molecule has 0 radical (unpaired) electrons. The van der Waals surface area contributed by atoms with Gasteiger partial charge in [-0.15, -0.1) is 11.3 Å². The van der Waals surface area contributed by atoms with Gasteiger partial charge < -0.3 is 5.32 Å². The minimum absolute atomic E-state index is 0.228. The molecule has 0 aliphatic rings. The molecule has 5 nitrogen and oxygen atoms in total. The highest BCUT2D eigenvalue weighted by Crippen LogP contribution is 2.31. The fourth-order valence-corrected chi connectivity index (χ4v) is 5.47. The smallest absolute Gasteiger partial charge is 0.242 e. The first-order valence-electron chi connectivity index (χ1n) is 6.26. The number of nitrogens with zero attached hydrogens (tertiary/aromatic N) is 1. The van der Waals surface area contributed by atoms with Crippen LogP contribution in [0.25, 0.3) is 0 Å². The lowest BCUT2D eigenvalue weighted by Gasteiger charge is -2.07. The summed E-state index contributed by atoms with van der Waals surface area (Å²) in [5, 5.41) is 3.01. The predicted molar refractivity (Wildman–Crippen MR) is 87.8 cm³/mol. The largest absolute Gasteiger partial charge is 0.315 e. The maximum atomic E-state index is 12.4. The summed E-state index contributed by atoms with van der Waals surface area (Å²) in [5.41, 5.74) is 1.87. The zero-order chi connectivity index (χ0) is 15.5. The van der Waals surface area contributed by atoms with E-state index in [-0.39, 0.29) is 11.4 Å². The van der Waals surface area contributed by atoms with Crippen molar-refractivity contribution in [2.24, 2.45) is 0 Å². The fourth-order valence-electron chi connectivity index (χ4n) is 1.77. The number of halogens is 1. The van der Waals surface area contributed by atoms with Gasteiger partial charge in [0.2, 0.25) is 10.0 Å². The molecular weight excluding hydrogens is 374 g/mol. The first-order valence-corrected chi connectivity index (χ1v) is 9.35. The molecule has 0 atom stereocenters. The summed E-state index contributed by atoms with van der Waals surface area (Å²) >= 11 is 4.74. The Morgan fingerprint density at radius 2 is 2.14 bits per heavy atom. The first-order chi connectivity index (χ1) is 9.94. The third-order valence-electron chi connectivity index (χ3n) is 2.95. The van der Waals surface area contributed by atoms with Crippen LogP contribution in [0, 0.1) is 6.92 Å². The van der Waals surface area contributed by atoms with E-state index in [1.807, 2.05) is 20.0 Å². The molecular formula is C13H16BrN3O2S2. The summed E-state index contributed by atoms with van der Waals surface area (Å²) in [6, 6.07) is 3.54. The second kappa shape index (κ2) is 6.97. The van der Waals surface area contributed by atoms with Gasteiger partial charge in [0, 0.05) is 30.4 Å². The summed E-state index contributed by atoms with van der Waals surface area (Å²) in [6.45, 7) is 2.79. The molecule has 2 heterocycles. The average molecular weight is 390 g/mol. The van der Waals surface area contributed by atoms with Crippen LogP contribution in [-0.4, -0.2) is 20.4 Å². The van der Waals surface area contributed by atoms with Crippen molar-refractivity contribution in [3.05, 3.63) is 44.3 Å². The Bertz CT molecular complexity index is 729. The Balaban J connectivity index is 2.17. The number of aryl methyl sites for hydroxylation is 1. The maximum Gasteiger partial charge on any atom is 0.242 e. The van der Waals surface area contributed by atoms with Gasteiger partial charge in [-0.25, -0.2) is 13.1 Å². The van der Waals surface area contributed by atoms with E-state index < -0.39 is 10.0 Å². The molecule has 0 spiro atoms. The Morgan fingerprint density at radius 3 is 2.81 bits per heavy atom. The van der Waals surface area contributed by atoms with Crippen LogP contribution in [0.1, 0.15) is 16.0 Å². The van der Waals surface area contributed by atoms with Gasteiger partial charge in [0.15, 0.2) is 0 Å². The molecule has 2 aromatic heterocycles. The number of aromatic nitrogens is 1. The normalized spacial score (nSPS) is 11.8. The van der Waals surface area contributed by atoms with Crippen molar-refractivity contribution in [3.63, 3.8) is 0 Å². The molecule has 0 fully saturated rings. The molecule has 2 aromatic rings. The number of thiophene rings is 1. The molecule has 0 saturated carbocycles. The standard InChI is InChI=1S/C13H16BrN3O2S2/c1-9-3-4-16-6-10(9)7-17-21(18,19)12-5-11(8-15-2)20-13(12)14/h3-6,15,17H,7-8H2,1-2H3. The molecule has 0 amide bonds. The highest BCUT2D eigenvalue weighted by atomic mass is 79.9. The second-order valence-electron chi connectivity index (χ2n) is 4.51. The molecule has 0 saturated heterocycles. The van der Waals surface area contributed by atoms with Crippen LogP contribution in [0.5, 0.6) is 0 Å². The summed E-state index contributed by atoms with van der Waals surface area (Å²) in [7, 11) is -1.72. The number of nitrogens with one attached hydrogen (secondary N) is 2. The van der Waals surface area contributed by atoms with Gasteiger partial charge in [-0.3, -0.25) is 4.98 Å². The molecule has 8 heteroatoms. The highest BCUT2D eigenvalue weighted by Gasteiger charge is 2.20. The number of rotatable bonds is 6. The molecule has 0 unspecified atom stereocenters. The topological polar surface area (TPSA) is 71.1 Å². The third-order valence-corrected chi connectivity index (χ3v) is 6.60. The van der Waals surface area contributed by atoms with Crippen molar-refractivity contribution < 1.29 is 8.42 Å². The average Bonchev–Trinajstić information content (AvgIpc) is 2.80. The van der Waals surface area contributed by atoms with Crippen LogP contribution < -0.4 is 10.0 Å². The molecule has 114 valence electrons. The summed E-state index contributed by atoms with van der Waals surface area (Å²) in [6.07, 6.45) is 3.36. The van der Waals surface area contributed by atoms with Crippen LogP contribution >= 0.6 is 27.3 Å². The van der Waals surface area contributed by atoms with Crippen molar-refractivity contribution in [1.29, 1.82) is 0 Å². The van der Waals surface area contributed by atoms with Crippen molar-refractivity contribution in [3.8, 4) is 0 Å². The minimum Gasteiger partial charge on any atom is -0.315 e. The van der Waals surface area contributed by atoms with Gasteiger partial charge in [-0.2, -0.15) is 0 Å². The molecule has 0 aliphatic carbocycles. The van der Waals surface area contributed by atoms with Gasteiger partial charge in [-0.05, 0) is 53.2 Å². The van der Waals surface area contributed by atoms with E-state index in [2.05, 4.69) is 31.0 Å². The number of pyridine rings is 1. The lowest BCUT2D eigenvalue weighted by Crippen LogP contribution is -2.23. The predicted octanol–water partition coefficient (Wildman–Crippen LogP) is 2.41. The zero-order valence-corrected chi connectivity index (χ0v) is 14.9. The quantitative estimate of drug-likeness (QED) is 0.795. The lowest BCUT2D eigenvalue weighted by atomic mass is 10.2. The van der Waals surface area contributed by atoms with Crippen LogP contribution in [0.15, 0.2) is 33.2 Å². The summed E-state index contributed by atoms with van der Waals surface area (Å²) < 4.78 is 28.0. The van der Waals surface area contributed by atoms with E-state index in [1.165, 1.54) is 11.3 Å². The van der Waals surface area contributed by atoms with Gasteiger partial charge in [0.05, 0.1) is 3.79 Å². The van der Waals surface area contributed by atoms with Gasteiger partial charge in [0.25, 0.3) is 0 Å². The number of hydrogen-bond donors (Lipinski definition) is 2. The molecule has 0 aliphatic heterocycles. The Hall–Kier alpha value is -0.800. The van der Waals surface area contributed by atoms with E-state index in [9.17, 15) is 8.42 Å². The van der Waals surface area contributed by atoms with Gasteiger partial charge >= 0.3 is 0 Å². The Morgan fingerprint density at radius 1 is 1.38 bits per heavy atom. The second-order valence-corrected chi connectivity index (χ2v) is 8.70. The zero-order valence-electron chi connectivity index (χ0n) is 11.7. The van der Waals surface area contributed by atoms with E-state index >= 15 is 0 Å². The van der Waals surface area contributed by atoms with Gasteiger partial charge in [-0.1, -0.05) is 0 Å². The molecule has 21 heavy (non-hydrogen) atoms. The Labute approximate surface area is 137 Å². The highest BCUT2D eigenvalue weighted by molar-refractivity contribution is 9.11. The van der Waals surface area contributed by atoms with Crippen molar-refractivity contribution >= 4 is 37.3 Å². The lowest BCUT2D eigenvalue weighted by molar-refractivity contribution is 0.581. The third kappa shape index (κ3) is 4.10. The Kier molecular flexibility index (Phi) is 5.50. The van der Waals surface area contributed by atoms with Gasteiger partial charge in [0.1, 0.15) is 4.90 Å². The molecule has 0 bridgehead atoms. The molecule has 2 N–H and O–H groups in total. The van der Waals surface area contributed by atoms with Crippen LogP contribution in [-0.2, 0) is 23.1 Å². The van der Waals surface area contributed by atoms with Crippen molar-refractivity contribution in [2.45, 2.75) is 24.9 Å². The van der Waals surface area contributed by atoms with E-state index in [0.717, 1.165) is 16.0 Å². The van der Waals surface area contributed by atoms with Crippen molar-refractivity contribution in [1.82, 2.24) is 15.0 Å². The SMILES string of the molecule is CNCc1cc(S(=O)(=O)NCc2cnccc2C)c(Br)s1. The minimum atomic E-state index is -3.55.